The van der Waals surface area contributed by atoms with E-state index in [1.807, 2.05) is 6.07 Å². The summed E-state index contributed by atoms with van der Waals surface area (Å²) in [6, 6.07) is 9.72. The Balaban J connectivity index is 2.14. The van der Waals surface area contributed by atoms with Gasteiger partial charge in [-0.1, -0.05) is 22.0 Å². The molecule has 1 aromatic heterocycles. The van der Waals surface area contributed by atoms with E-state index in [0.29, 0.717) is 11.3 Å². The Labute approximate surface area is 153 Å². The number of hydrogen-bond acceptors (Lipinski definition) is 4. The van der Waals surface area contributed by atoms with E-state index < -0.39 is 11.6 Å². The number of nitrogens with zero attached hydrogens (tertiary/aromatic N) is 1. The minimum atomic E-state index is -0.632. The number of anilines is 1. The van der Waals surface area contributed by atoms with Gasteiger partial charge in [-0.05, 0) is 45.0 Å². The van der Waals surface area contributed by atoms with Crippen LogP contribution in [-0.2, 0) is 16.1 Å². The molecule has 1 amide bonds. The second-order valence-electron chi connectivity index (χ2n) is 6.43. The largest absolute Gasteiger partial charge is 0.459 e. The van der Waals surface area contributed by atoms with Crippen molar-refractivity contribution in [1.82, 2.24) is 4.57 Å². The molecule has 0 aliphatic rings. The number of aromatic nitrogens is 1. The highest BCUT2D eigenvalue weighted by Crippen LogP contribution is 2.14. The van der Waals surface area contributed by atoms with Crippen molar-refractivity contribution in [2.75, 3.05) is 5.32 Å². The van der Waals surface area contributed by atoms with Crippen LogP contribution in [0.25, 0.3) is 0 Å². The number of amides is 1. The van der Waals surface area contributed by atoms with Crippen LogP contribution in [0.1, 0.15) is 31.1 Å². The molecule has 6 nitrogen and oxygen atoms in total. The number of hydrogen-bond donors (Lipinski definition) is 1. The number of ether oxygens (including phenoxy) is 1. The first-order valence-corrected chi connectivity index (χ1v) is 8.42. The van der Waals surface area contributed by atoms with Gasteiger partial charge >= 0.3 is 5.97 Å². The van der Waals surface area contributed by atoms with Crippen molar-refractivity contribution in [2.45, 2.75) is 32.9 Å². The second kappa shape index (κ2) is 7.65. The molecule has 0 fully saturated rings. The third kappa shape index (κ3) is 5.86. The lowest BCUT2D eigenvalue weighted by molar-refractivity contribution is -0.155. The molecule has 0 saturated heterocycles. The summed E-state index contributed by atoms with van der Waals surface area (Å²) in [7, 11) is 0. The Kier molecular flexibility index (Phi) is 5.79. The molecular formula is C18H19BrN2O4. The summed E-state index contributed by atoms with van der Waals surface area (Å²) in [6.45, 7) is 5.03. The van der Waals surface area contributed by atoms with Crippen LogP contribution in [0.4, 0.5) is 5.69 Å². The zero-order valence-corrected chi connectivity index (χ0v) is 15.8. The quantitative estimate of drug-likeness (QED) is 0.790. The zero-order valence-electron chi connectivity index (χ0n) is 14.2. The molecule has 0 aliphatic carbocycles. The van der Waals surface area contributed by atoms with E-state index in [-0.39, 0.29) is 18.0 Å². The Bertz CT molecular complexity index is 853. The maximum Gasteiger partial charge on any atom is 0.326 e. The van der Waals surface area contributed by atoms with Crippen LogP contribution in [-0.4, -0.2) is 22.0 Å². The van der Waals surface area contributed by atoms with Gasteiger partial charge in [-0.2, -0.15) is 0 Å². The standard InChI is InChI=1S/C18H19BrN2O4/c1-18(2,3)25-16(23)11-21-10-14(7-8-15(21)22)20-17(24)12-5-4-6-13(19)9-12/h4-10H,11H2,1-3H3,(H,20,24). The first-order valence-electron chi connectivity index (χ1n) is 7.63. The number of benzene rings is 1. The Hall–Kier alpha value is -2.41. The third-order valence-electron chi connectivity index (χ3n) is 3.05. The number of pyridine rings is 1. The molecule has 2 rings (SSSR count). The lowest BCUT2D eigenvalue weighted by Crippen LogP contribution is -2.30. The smallest absolute Gasteiger partial charge is 0.326 e. The predicted molar refractivity (Wildman–Crippen MR) is 98.6 cm³/mol. The van der Waals surface area contributed by atoms with E-state index >= 15 is 0 Å². The lowest BCUT2D eigenvalue weighted by atomic mass is 10.2. The highest BCUT2D eigenvalue weighted by molar-refractivity contribution is 9.10. The fourth-order valence-corrected chi connectivity index (χ4v) is 2.47. The molecule has 1 N–H and O–H groups in total. The van der Waals surface area contributed by atoms with Gasteiger partial charge in [-0.25, -0.2) is 0 Å². The van der Waals surface area contributed by atoms with Crippen LogP contribution in [0.3, 0.4) is 0 Å². The van der Waals surface area contributed by atoms with Gasteiger partial charge in [0.15, 0.2) is 0 Å². The minimum absolute atomic E-state index is 0.225. The predicted octanol–water partition coefficient (Wildman–Crippen LogP) is 3.20. The van der Waals surface area contributed by atoms with Crippen LogP contribution < -0.4 is 10.9 Å². The van der Waals surface area contributed by atoms with Gasteiger partial charge in [-0.15, -0.1) is 0 Å². The molecule has 132 valence electrons. The first-order chi connectivity index (χ1) is 11.6. The summed E-state index contributed by atoms with van der Waals surface area (Å²) >= 11 is 3.31. The topological polar surface area (TPSA) is 77.4 Å². The molecule has 0 aliphatic heterocycles. The number of carbonyl (C=O) groups is 2. The lowest BCUT2D eigenvalue weighted by Gasteiger charge is -2.19. The number of nitrogens with one attached hydrogen (secondary N) is 1. The van der Waals surface area contributed by atoms with Crippen LogP contribution >= 0.6 is 15.9 Å². The highest BCUT2D eigenvalue weighted by atomic mass is 79.9. The van der Waals surface area contributed by atoms with Crippen molar-refractivity contribution >= 4 is 33.5 Å². The molecule has 25 heavy (non-hydrogen) atoms. The number of halogens is 1. The summed E-state index contributed by atoms with van der Waals surface area (Å²) in [5, 5.41) is 2.70. The van der Waals surface area contributed by atoms with E-state index in [1.54, 1.807) is 39.0 Å². The SMILES string of the molecule is CC(C)(C)OC(=O)Cn1cc(NC(=O)c2cccc(Br)c2)ccc1=O. The number of carbonyl (C=O) groups excluding carboxylic acids is 2. The fourth-order valence-electron chi connectivity index (χ4n) is 2.07. The minimum Gasteiger partial charge on any atom is -0.459 e. The van der Waals surface area contributed by atoms with E-state index in [2.05, 4.69) is 21.2 Å². The van der Waals surface area contributed by atoms with Crippen molar-refractivity contribution < 1.29 is 14.3 Å². The van der Waals surface area contributed by atoms with Crippen LogP contribution in [0.2, 0.25) is 0 Å². The Morgan fingerprint density at radius 3 is 2.56 bits per heavy atom. The number of esters is 1. The maximum atomic E-state index is 12.3. The van der Waals surface area contributed by atoms with E-state index in [4.69, 9.17) is 4.74 Å². The fraction of sp³-hybridized carbons (Fsp3) is 0.278. The molecular weight excluding hydrogens is 388 g/mol. The van der Waals surface area contributed by atoms with Gasteiger partial charge in [0.25, 0.3) is 11.5 Å². The molecule has 7 heteroatoms. The van der Waals surface area contributed by atoms with E-state index in [9.17, 15) is 14.4 Å². The van der Waals surface area contributed by atoms with Crippen LogP contribution in [0, 0.1) is 0 Å². The van der Waals surface area contributed by atoms with E-state index in [0.717, 1.165) is 4.47 Å². The van der Waals surface area contributed by atoms with Crippen LogP contribution in [0.15, 0.2) is 51.9 Å². The molecule has 0 unspecified atom stereocenters. The molecule has 0 saturated carbocycles. The normalized spacial score (nSPS) is 11.0. The molecule has 0 atom stereocenters. The maximum absolute atomic E-state index is 12.3. The summed E-state index contributed by atoms with van der Waals surface area (Å²) < 4.78 is 7.19. The molecule has 1 heterocycles. The van der Waals surface area contributed by atoms with Crippen LogP contribution in [0.5, 0.6) is 0 Å². The number of rotatable bonds is 4. The summed E-state index contributed by atoms with van der Waals surface area (Å²) in [5.41, 5.74) is -0.105. The molecule has 0 bridgehead atoms. The molecule has 0 radical (unpaired) electrons. The van der Waals surface area contributed by atoms with Crippen molar-refractivity contribution in [2.24, 2.45) is 0 Å². The van der Waals surface area contributed by atoms with Gasteiger partial charge in [0.2, 0.25) is 0 Å². The highest BCUT2D eigenvalue weighted by Gasteiger charge is 2.17. The van der Waals surface area contributed by atoms with Gasteiger partial charge < -0.3 is 14.6 Å². The van der Waals surface area contributed by atoms with Crippen molar-refractivity contribution in [3.63, 3.8) is 0 Å². The second-order valence-corrected chi connectivity index (χ2v) is 7.35. The van der Waals surface area contributed by atoms with Gasteiger partial charge in [0, 0.05) is 22.3 Å². The van der Waals surface area contributed by atoms with Crippen molar-refractivity contribution in [3.05, 3.63) is 63.0 Å². The Morgan fingerprint density at radius 2 is 1.92 bits per heavy atom. The summed E-state index contributed by atoms with van der Waals surface area (Å²) in [4.78, 5) is 36.1. The summed E-state index contributed by atoms with van der Waals surface area (Å²) in [5.74, 6) is -0.839. The molecule has 0 spiro atoms. The third-order valence-corrected chi connectivity index (χ3v) is 3.54. The monoisotopic (exact) mass is 406 g/mol. The average molecular weight is 407 g/mol. The van der Waals surface area contributed by atoms with Gasteiger partial charge in [0.05, 0.1) is 5.69 Å². The zero-order chi connectivity index (χ0) is 18.6. The van der Waals surface area contributed by atoms with E-state index in [1.165, 1.54) is 22.9 Å². The molecule has 1 aromatic carbocycles. The average Bonchev–Trinajstić information content (AvgIpc) is 2.48. The Morgan fingerprint density at radius 1 is 1.20 bits per heavy atom. The summed E-state index contributed by atoms with van der Waals surface area (Å²) in [6.07, 6.45) is 1.42. The van der Waals surface area contributed by atoms with Gasteiger partial charge in [0.1, 0.15) is 12.1 Å². The first kappa shape index (κ1) is 18.9. The molecule has 2 aromatic rings. The van der Waals surface area contributed by atoms with Crippen molar-refractivity contribution in [3.8, 4) is 0 Å². The van der Waals surface area contributed by atoms with Crippen molar-refractivity contribution in [1.29, 1.82) is 0 Å². The van der Waals surface area contributed by atoms with Gasteiger partial charge in [-0.3, -0.25) is 14.4 Å².